The molecule has 1 saturated heterocycles. The molecule has 0 bridgehead atoms. The van der Waals surface area contributed by atoms with E-state index in [9.17, 15) is 34.8 Å². The first-order chi connectivity index (χ1) is 6.07. The number of alkyl halides is 6. The van der Waals surface area contributed by atoms with Crippen LogP contribution in [-0.4, -0.2) is 31.3 Å². The molecule has 9 heteroatoms. The van der Waals surface area contributed by atoms with Crippen LogP contribution in [0.4, 0.5) is 26.3 Å². The zero-order valence-corrected chi connectivity index (χ0v) is 7.17. The van der Waals surface area contributed by atoms with Crippen molar-refractivity contribution in [3.8, 4) is 0 Å². The minimum atomic E-state index is -5.81. The lowest BCUT2D eigenvalue weighted by atomic mass is 10.0. The summed E-state index contributed by atoms with van der Waals surface area (Å²) in [5.74, 6) is 0. The Hall–Kier alpha value is -0.470. The highest BCUT2D eigenvalue weighted by Crippen LogP contribution is 2.53. The van der Waals surface area contributed by atoms with Gasteiger partial charge in [0.25, 0.3) is 21.9 Å². The molecular weight excluding hydrogens is 238 g/mol. The van der Waals surface area contributed by atoms with E-state index >= 15 is 0 Å². The molecule has 0 spiro atoms. The van der Waals surface area contributed by atoms with E-state index in [2.05, 4.69) is 0 Å². The minimum Gasteiger partial charge on any atom is -0.230 e. The van der Waals surface area contributed by atoms with E-state index in [1.54, 1.807) is 0 Å². The SMILES string of the molecule is O=S1(=O)C(F)CC(F)(C(F)F)C1(F)F. The lowest BCUT2D eigenvalue weighted by molar-refractivity contribution is -0.145. The third-order valence-electron chi connectivity index (χ3n) is 1.98. The number of sulfone groups is 1. The van der Waals surface area contributed by atoms with Crippen LogP contribution in [0.25, 0.3) is 0 Å². The van der Waals surface area contributed by atoms with Crippen molar-refractivity contribution in [1.82, 2.24) is 0 Å². The molecule has 2 unspecified atom stereocenters. The molecule has 84 valence electrons. The molecule has 2 nitrogen and oxygen atoms in total. The molecule has 1 rings (SSSR count). The van der Waals surface area contributed by atoms with Crippen molar-refractivity contribution in [2.24, 2.45) is 0 Å². The van der Waals surface area contributed by atoms with Gasteiger partial charge in [-0.05, 0) is 0 Å². The molecule has 0 N–H and O–H groups in total. The summed E-state index contributed by atoms with van der Waals surface area (Å²) in [4.78, 5) is 0. The molecule has 2 atom stereocenters. The molecule has 0 aromatic rings. The van der Waals surface area contributed by atoms with Crippen LogP contribution in [0.5, 0.6) is 0 Å². The van der Waals surface area contributed by atoms with Crippen molar-refractivity contribution in [2.75, 3.05) is 0 Å². The molecule has 1 aliphatic heterocycles. The van der Waals surface area contributed by atoms with Gasteiger partial charge in [0.15, 0.2) is 0 Å². The Morgan fingerprint density at radius 2 is 1.64 bits per heavy atom. The minimum absolute atomic E-state index is 2.04. The Morgan fingerprint density at radius 1 is 1.21 bits per heavy atom. The van der Waals surface area contributed by atoms with E-state index in [-0.39, 0.29) is 0 Å². The summed E-state index contributed by atoms with van der Waals surface area (Å²) in [6, 6.07) is 0. The molecular formula is C5H4F6O2S. The fourth-order valence-corrected chi connectivity index (χ4v) is 2.50. The van der Waals surface area contributed by atoms with Crippen LogP contribution < -0.4 is 0 Å². The van der Waals surface area contributed by atoms with Crippen molar-refractivity contribution in [2.45, 2.75) is 29.3 Å². The molecule has 0 saturated carbocycles. The van der Waals surface area contributed by atoms with Gasteiger partial charge in [0, 0.05) is 6.42 Å². The summed E-state index contributed by atoms with van der Waals surface area (Å²) in [5.41, 5.74) is -7.93. The van der Waals surface area contributed by atoms with Gasteiger partial charge in [0.05, 0.1) is 0 Å². The topological polar surface area (TPSA) is 34.1 Å². The van der Waals surface area contributed by atoms with Crippen molar-refractivity contribution in [1.29, 1.82) is 0 Å². The zero-order chi connectivity index (χ0) is 11.4. The average Bonchev–Trinajstić information content (AvgIpc) is 2.12. The van der Waals surface area contributed by atoms with E-state index in [1.165, 1.54) is 0 Å². The maximum Gasteiger partial charge on any atom is 0.387 e. The second kappa shape index (κ2) is 2.77. The van der Waals surface area contributed by atoms with Gasteiger partial charge >= 0.3 is 5.25 Å². The molecule has 0 aliphatic carbocycles. The smallest absolute Gasteiger partial charge is 0.230 e. The highest BCUT2D eigenvalue weighted by Gasteiger charge is 2.77. The van der Waals surface area contributed by atoms with Crippen LogP contribution in [0.2, 0.25) is 0 Å². The molecule has 0 amide bonds. The maximum absolute atomic E-state index is 12.8. The monoisotopic (exact) mass is 242 g/mol. The Morgan fingerprint density at radius 3 is 1.79 bits per heavy atom. The van der Waals surface area contributed by atoms with Crippen LogP contribution in [0, 0.1) is 0 Å². The van der Waals surface area contributed by atoms with Crippen molar-refractivity contribution in [3.63, 3.8) is 0 Å². The standard InChI is InChI=1S/C5H4F6O2S/c6-2-1-4(9,3(7)8)5(10,11)14(2,12)13/h2-3H,1H2. The first-order valence-electron chi connectivity index (χ1n) is 3.30. The van der Waals surface area contributed by atoms with Gasteiger partial charge in [-0.2, -0.15) is 8.78 Å². The molecule has 1 aliphatic rings. The normalized spacial score (nSPS) is 40.4. The van der Waals surface area contributed by atoms with Crippen LogP contribution >= 0.6 is 0 Å². The highest BCUT2D eigenvalue weighted by atomic mass is 32.2. The largest absolute Gasteiger partial charge is 0.387 e. The predicted molar refractivity (Wildman–Crippen MR) is 33.2 cm³/mol. The fourth-order valence-electron chi connectivity index (χ4n) is 1.08. The number of hydrogen-bond acceptors (Lipinski definition) is 2. The predicted octanol–water partition coefficient (Wildman–Crippen LogP) is 1.67. The number of rotatable bonds is 1. The van der Waals surface area contributed by atoms with E-state index in [0.717, 1.165) is 0 Å². The molecule has 1 fully saturated rings. The van der Waals surface area contributed by atoms with Crippen LogP contribution in [0.3, 0.4) is 0 Å². The van der Waals surface area contributed by atoms with E-state index in [1.807, 2.05) is 0 Å². The van der Waals surface area contributed by atoms with E-state index in [4.69, 9.17) is 0 Å². The summed E-state index contributed by atoms with van der Waals surface area (Å²) < 4.78 is 95.0. The second-order valence-electron chi connectivity index (χ2n) is 2.84. The number of hydrogen-bond donors (Lipinski definition) is 0. The van der Waals surface area contributed by atoms with Gasteiger partial charge in [-0.25, -0.2) is 26.0 Å². The van der Waals surface area contributed by atoms with Gasteiger partial charge in [-0.3, -0.25) is 0 Å². The molecule has 0 aromatic heterocycles. The van der Waals surface area contributed by atoms with Crippen LogP contribution in [0.1, 0.15) is 6.42 Å². The molecule has 14 heavy (non-hydrogen) atoms. The van der Waals surface area contributed by atoms with Crippen LogP contribution in [0.15, 0.2) is 0 Å². The summed E-state index contributed by atoms with van der Waals surface area (Å²) in [5, 5.41) is -5.38. The first-order valence-corrected chi connectivity index (χ1v) is 4.84. The fraction of sp³-hybridized carbons (Fsp3) is 1.00. The second-order valence-corrected chi connectivity index (χ2v) is 4.95. The van der Waals surface area contributed by atoms with Gasteiger partial charge in [-0.1, -0.05) is 0 Å². The van der Waals surface area contributed by atoms with Gasteiger partial charge in [0.1, 0.15) is 0 Å². The Kier molecular flexibility index (Phi) is 2.29. The summed E-state index contributed by atoms with van der Waals surface area (Å²) in [7, 11) is -5.81. The van der Waals surface area contributed by atoms with Gasteiger partial charge < -0.3 is 0 Å². The zero-order valence-electron chi connectivity index (χ0n) is 6.35. The molecule has 0 radical (unpaired) electrons. The number of halogens is 6. The van der Waals surface area contributed by atoms with Crippen LogP contribution in [-0.2, 0) is 9.84 Å². The summed E-state index contributed by atoms with van der Waals surface area (Å²) in [6.07, 6.45) is -6.30. The van der Waals surface area contributed by atoms with Gasteiger partial charge in [0.2, 0.25) is 5.50 Å². The summed E-state index contributed by atoms with van der Waals surface area (Å²) >= 11 is 0. The Labute approximate surface area is 74.8 Å². The molecule has 0 aromatic carbocycles. The average molecular weight is 242 g/mol. The van der Waals surface area contributed by atoms with Crippen molar-refractivity contribution in [3.05, 3.63) is 0 Å². The highest BCUT2D eigenvalue weighted by molar-refractivity contribution is 7.93. The quantitative estimate of drug-likeness (QED) is 0.655. The van der Waals surface area contributed by atoms with E-state index in [0.29, 0.717) is 0 Å². The van der Waals surface area contributed by atoms with Gasteiger partial charge in [-0.15, -0.1) is 0 Å². The van der Waals surface area contributed by atoms with Crippen molar-refractivity contribution < 1.29 is 34.8 Å². The third kappa shape index (κ3) is 1.07. The lowest BCUT2D eigenvalue weighted by Crippen LogP contribution is -2.48. The lowest BCUT2D eigenvalue weighted by Gasteiger charge is -2.23. The van der Waals surface area contributed by atoms with E-state index < -0.39 is 39.1 Å². The maximum atomic E-state index is 12.8. The Balaban J connectivity index is 3.32. The third-order valence-corrected chi connectivity index (χ3v) is 3.88. The van der Waals surface area contributed by atoms with Crippen molar-refractivity contribution >= 4 is 9.84 Å². The summed E-state index contributed by atoms with van der Waals surface area (Å²) in [6.45, 7) is 0. The molecule has 1 heterocycles. The Bertz CT molecular complexity index is 338. The first kappa shape index (κ1) is 11.6.